The van der Waals surface area contributed by atoms with E-state index in [-0.39, 0.29) is 16.0 Å². The van der Waals surface area contributed by atoms with Gasteiger partial charge in [0.15, 0.2) is 16.0 Å². The van der Waals surface area contributed by atoms with Gasteiger partial charge >= 0.3 is 0 Å². The van der Waals surface area contributed by atoms with E-state index in [9.17, 15) is 0 Å². The highest BCUT2D eigenvalue weighted by Gasteiger charge is 2.10. The van der Waals surface area contributed by atoms with Crippen LogP contribution in [0, 0.1) is 0 Å². The first-order valence-electron chi connectivity index (χ1n) is 5.00. The predicted octanol–water partition coefficient (Wildman–Crippen LogP) is 4.63. The fourth-order valence-corrected chi connectivity index (χ4v) is 1.84. The lowest BCUT2D eigenvalue weighted by molar-refractivity contribution is 1.02. The van der Waals surface area contributed by atoms with Gasteiger partial charge in [-0.3, -0.25) is 0 Å². The Labute approximate surface area is 120 Å². The van der Waals surface area contributed by atoms with Gasteiger partial charge in [0.05, 0.1) is 11.4 Å². The molecule has 92 valence electrons. The lowest BCUT2D eigenvalue weighted by Crippen LogP contribution is -1.92. The third-order valence-electron chi connectivity index (χ3n) is 2.01. The quantitative estimate of drug-likeness (QED) is 0.510. The molecule has 0 N–H and O–H groups in total. The molecule has 2 aromatic rings. The Kier molecular flexibility index (Phi) is 4.52. The molecule has 0 bridgehead atoms. The summed E-state index contributed by atoms with van der Waals surface area (Å²) in [5.74, 6) is 0.808. The largest absolute Gasteiger partial charge is 0.218 e. The minimum Gasteiger partial charge on any atom is -0.218 e. The second-order valence-electron chi connectivity index (χ2n) is 3.26. The van der Waals surface area contributed by atoms with E-state index in [1.807, 2.05) is 30.3 Å². The smallest absolute Gasteiger partial charge is 0.161 e. The lowest BCUT2D eigenvalue weighted by atomic mass is 10.3. The molecule has 1 aromatic heterocycles. The van der Waals surface area contributed by atoms with E-state index in [0.29, 0.717) is 17.3 Å². The SMILES string of the molecule is SCc1nc(Cl)c(N=Nc2ccccc2)c(Cl)n1. The predicted molar refractivity (Wildman–Crippen MR) is 75.4 cm³/mol. The van der Waals surface area contributed by atoms with E-state index in [4.69, 9.17) is 23.2 Å². The molecule has 7 heteroatoms. The van der Waals surface area contributed by atoms with Crippen molar-refractivity contribution in [2.24, 2.45) is 10.2 Å². The van der Waals surface area contributed by atoms with Crippen LogP contribution in [-0.4, -0.2) is 9.97 Å². The van der Waals surface area contributed by atoms with E-state index in [1.54, 1.807) is 0 Å². The first-order chi connectivity index (χ1) is 8.70. The maximum Gasteiger partial charge on any atom is 0.161 e. The van der Waals surface area contributed by atoms with Gasteiger partial charge in [0.2, 0.25) is 0 Å². The molecule has 0 aliphatic carbocycles. The van der Waals surface area contributed by atoms with Gasteiger partial charge in [-0.25, -0.2) is 9.97 Å². The molecule has 0 atom stereocenters. The number of hydrogen-bond donors (Lipinski definition) is 1. The fraction of sp³-hybridized carbons (Fsp3) is 0.0909. The van der Waals surface area contributed by atoms with E-state index in [2.05, 4.69) is 32.8 Å². The highest BCUT2D eigenvalue weighted by atomic mass is 35.5. The summed E-state index contributed by atoms with van der Waals surface area (Å²) in [7, 11) is 0. The maximum absolute atomic E-state index is 5.96. The van der Waals surface area contributed by atoms with Crippen LogP contribution < -0.4 is 0 Å². The summed E-state index contributed by atoms with van der Waals surface area (Å²) in [5, 5.41) is 8.30. The highest BCUT2D eigenvalue weighted by Crippen LogP contribution is 2.31. The molecule has 4 nitrogen and oxygen atoms in total. The molecular weight excluding hydrogens is 291 g/mol. The molecule has 2 rings (SSSR count). The number of benzene rings is 1. The molecule has 0 spiro atoms. The molecular formula is C11H8Cl2N4S. The first-order valence-corrected chi connectivity index (χ1v) is 6.39. The van der Waals surface area contributed by atoms with Gasteiger partial charge in [-0.1, -0.05) is 41.4 Å². The van der Waals surface area contributed by atoms with Crippen LogP contribution in [0.2, 0.25) is 10.3 Å². The summed E-state index contributed by atoms with van der Waals surface area (Å²) < 4.78 is 0. The molecule has 0 fully saturated rings. The van der Waals surface area contributed by atoms with Crippen molar-refractivity contribution in [3.8, 4) is 0 Å². The van der Waals surface area contributed by atoms with Crippen molar-refractivity contribution in [3.63, 3.8) is 0 Å². The zero-order valence-corrected chi connectivity index (χ0v) is 11.5. The van der Waals surface area contributed by atoms with Crippen molar-refractivity contribution in [3.05, 3.63) is 46.5 Å². The third-order valence-corrected chi connectivity index (χ3v) is 2.82. The van der Waals surface area contributed by atoms with Crippen molar-refractivity contribution in [1.29, 1.82) is 0 Å². The monoisotopic (exact) mass is 298 g/mol. The summed E-state index contributed by atoms with van der Waals surface area (Å²) in [6, 6.07) is 9.24. The minimum absolute atomic E-state index is 0.165. The van der Waals surface area contributed by atoms with Gasteiger partial charge in [0, 0.05) is 0 Å². The minimum atomic E-state index is 0.165. The number of azo groups is 1. The summed E-state index contributed by atoms with van der Waals surface area (Å²) in [6.45, 7) is 0. The van der Waals surface area contributed by atoms with Crippen molar-refractivity contribution < 1.29 is 0 Å². The van der Waals surface area contributed by atoms with E-state index in [0.717, 1.165) is 0 Å². The third kappa shape index (κ3) is 3.19. The Hall–Kier alpha value is -1.17. The van der Waals surface area contributed by atoms with Crippen LogP contribution in [0.3, 0.4) is 0 Å². The molecule has 0 aliphatic rings. The van der Waals surface area contributed by atoms with Crippen LogP contribution in [0.4, 0.5) is 11.4 Å². The van der Waals surface area contributed by atoms with Gasteiger partial charge in [-0.05, 0) is 12.1 Å². The van der Waals surface area contributed by atoms with Gasteiger partial charge < -0.3 is 0 Å². The van der Waals surface area contributed by atoms with Crippen molar-refractivity contribution in [1.82, 2.24) is 9.97 Å². The highest BCUT2D eigenvalue weighted by molar-refractivity contribution is 7.79. The molecule has 0 saturated carbocycles. The Balaban J connectivity index is 2.32. The van der Waals surface area contributed by atoms with Crippen LogP contribution >= 0.6 is 35.8 Å². The average Bonchev–Trinajstić information content (AvgIpc) is 2.38. The number of rotatable bonds is 3. The Morgan fingerprint density at radius 2 is 1.61 bits per heavy atom. The standard InChI is InChI=1S/C11H8Cl2N4S/c12-10-9(11(13)15-8(6-18)14-10)17-16-7-4-2-1-3-5-7/h1-5,18H,6H2. The molecule has 0 radical (unpaired) electrons. The number of nitrogens with zero attached hydrogens (tertiary/aromatic N) is 4. The molecule has 0 amide bonds. The molecule has 1 heterocycles. The second-order valence-corrected chi connectivity index (χ2v) is 4.30. The van der Waals surface area contributed by atoms with E-state index >= 15 is 0 Å². The van der Waals surface area contributed by atoms with Gasteiger partial charge in [0.25, 0.3) is 0 Å². The molecule has 0 aliphatic heterocycles. The number of halogens is 2. The van der Waals surface area contributed by atoms with Crippen LogP contribution in [0.1, 0.15) is 5.82 Å². The Morgan fingerprint density at radius 1 is 1.00 bits per heavy atom. The first kappa shape index (κ1) is 13.3. The lowest BCUT2D eigenvalue weighted by Gasteiger charge is -2.01. The average molecular weight is 299 g/mol. The summed E-state index contributed by atoms with van der Waals surface area (Å²) >= 11 is 16.0. The summed E-state index contributed by atoms with van der Waals surface area (Å²) in [5.41, 5.74) is 0.954. The molecule has 0 unspecified atom stereocenters. The van der Waals surface area contributed by atoms with Crippen molar-refractivity contribution in [2.45, 2.75) is 5.75 Å². The normalized spacial score (nSPS) is 11.1. The Morgan fingerprint density at radius 3 is 2.17 bits per heavy atom. The number of hydrogen-bond acceptors (Lipinski definition) is 5. The molecule has 1 aromatic carbocycles. The zero-order valence-electron chi connectivity index (χ0n) is 9.09. The number of thiol groups is 1. The summed E-state index contributed by atoms with van der Waals surface area (Å²) in [4.78, 5) is 8.01. The zero-order chi connectivity index (χ0) is 13.0. The van der Waals surface area contributed by atoms with Crippen molar-refractivity contribution >= 4 is 47.2 Å². The number of aromatic nitrogens is 2. The van der Waals surface area contributed by atoms with Gasteiger partial charge in [-0.2, -0.15) is 17.7 Å². The van der Waals surface area contributed by atoms with Crippen molar-refractivity contribution in [2.75, 3.05) is 0 Å². The van der Waals surface area contributed by atoms with E-state index < -0.39 is 0 Å². The van der Waals surface area contributed by atoms with Crippen LogP contribution in [0.5, 0.6) is 0 Å². The fourth-order valence-electron chi connectivity index (χ4n) is 1.20. The maximum atomic E-state index is 5.96. The molecule has 0 saturated heterocycles. The van der Waals surface area contributed by atoms with Crippen LogP contribution in [-0.2, 0) is 5.75 Å². The van der Waals surface area contributed by atoms with Crippen LogP contribution in [0.15, 0.2) is 40.6 Å². The Bertz CT molecular complexity index is 552. The summed E-state index contributed by atoms with van der Waals surface area (Å²) in [6.07, 6.45) is 0. The van der Waals surface area contributed by atoms with Gasteiger partial charge in [0.1, 0.15) is 5.82 Å². The molecule has 18 heavy (non-hydrogen) atoms. The van der Waals surface area contributed by atoms with E-state index in [1.165, 1.54) is 0 Å². The second kappa shape index (κ2) is 6.13. The van der Waals surface area contributed by atoms with Gasteiger partial charge in [-0.15, -0.1) is 5.11 Å². The topological polar surface area (TPSA) is 50.5 Å². The van der Waals surface area contributed by atoms with Crippen LogP contribution in [0.25, 0.3) is 0 Å².